The molecule has 0 saturated carbocycles. The summed E-state index contributed by atoms with van der Waals surface area (Å²) in [6.07, 6.45) is 0.252. The van der Waals surface area contributed by atoms with Gasteiger partial charge in [0, 0.05) is 5.69 Å². The van der Waals surface area contributed by atoms with E-state index in [9.17, 15) is 4.79 Å². The molecule has 2 aromatic heterocycles. The van der Waals surface area contributed by atoms with Crippen molar-refractivity contribution < 1.29 is 9.53 Å². The first-order valence-electron chi connectivity index (χ1n) is 7.22. The quantitative estimate of drug-likeness (QED) is 0.739. The smallest absolute Gasteiger partial charge is 0.309 e. The lowest BCUT2D eigenvalue weighted by atomic mass is 10.1. The maximum absolute atomic E-state index is 11.4. The molecule has 0 bridgehead atoms. The van der Waals surface area contributed by atoms with Crippen LogP contribution in [0.15, 0.2) is 29.6 Å². The zero-order valence-corrected chi connectivity index (χ0v) is 14.0. The molecule has 1 N–H and O–H groups in total. The summed E-state index contributed by atoms with van der Waals surface area (Å²) < 4.78 is 4.71. The van der Waals surface area contributed by atoms with E-state index in [-0.39, 0.29) is 12.4 Å². The fraction of sp³-hybridized carbons (Fsp3) is 0.235. The Labute approximate surface area is 138 Å². The first-order valence-corrected chi connectivity index (χ1v) is 8.10. The largest absolute Gasteiger partial charge is 0.469 e. The third-order valence-corrected chi connectivity index (χ3v) is 4.49. The van der Waals surface area contributed by atoms with Crippen LogP contribution in [0.4, 0.5) is 11.5 Å². The Hall–Kier alpha value is -2.47. The number of anilines is 2. The van der Waals surface area contributed by atoms with E-state index in [0.717, 1.165) is 38.7 Å². The topological polar surface area (TPSA) is 64.1 Å². The van der Waals surface area contributed by atoms with E-state index in [1.54, 1.807) is 11.3 Å². The minimum absolute atomic E-state index is 0.252. The van der Waals surface area contributed by atoms with Crippen molar-refractivity contribution in [3.8, 4) is 0 Å². The highest BCUT2D eigenvalue weighted by atomic mass is 32.1. The molecule has 3 aromatic rings. The third kappa shape index (κ3) is 3.32. The number of esters is 1. The second-order valence-corrected chi connectivity index (χ2v) is 6.15. The Kier molecular flexibility index (Phi) is 4.25. The molecule has 0 atom stereocenters. The predicted octanol–water partition coefficient (Wildman–Crippen LogP) is 3.77. The van der Waals surface area contributed by atoms with Gasteiger partial charge in [-0.2, -0.15) is 0 Å². The van der Waals surface area contributed by atoms with E-state index in [2.05, 4.69) is 27.6 Å². The molecule has 0 radical (unpaired) electrons. The summed E-state index contributed by atoms with van der Waals surface area (Å²) >= 11 is 1.62. The Morgan fingerprint density at radius 1 is 1.30 bits per heavy atom. The summed E-state index contributed by atoms with van der Waals surface area (Å²) in [7, 11) is 1.39. The van der Waals surface area contributed by atoms with E-state index in [0.29, 0.717) is 0 Å². The summed E-state index contributed by atoms with van der Waals surface area (Å²) in [4.78, 5) is 21.4. The van der Waals surface area contributed by atoms with E-state index >= 15 is 0 Å². The fourth-order valence-electron chi connectivity index (χ4n) is 2.42. The number of aromatic nitrogens is 2. The number of nitrogens with zero attached hydrogens (tertiary/aromatic N) is 2. The number of ether oxygens (including phenoxy) is 1. The molecule has 0 amide bonds. The molecule has 5 nitrogen and oxygen atoms in total. The number of hydrogen-bond acceptors (Lipinski definition) is 6. The van der Waals surface area contributed by atoms with Crippen LogP contribution in [-0.4, -0.2) is 23.0 Å². The molecule has 23 heavy (non-hydrogen) atoms. The van der Waals surface area contributed by atoms with Gasteiger partial charge in [0.15, 0.2) is 0 Å². The lowest BCUT2D eigenvalue weighted by molar-refractivity contribution is -0.139. The maximum Gasteiger partial charge on any atom is 0.309 e. The van der Waals surface area contributed by atoms with Crippen molar-refractivity contribution in [3.05, 3.63) is 46.6 Å². The third-order valence-electron chi connectivity index (χ3n) is 3.50. The van der Waals surface area contributed by atoms with Crippen LogP contribution in [0, 0.1) is 13.8 Å². The zero-order chi connectivity index (χ0) is 16.4. The number of methoxy groups -OCH3 is 1. The number of carbonyl (C=O) groups is 1. The van der Waals surface area contributed by atoms with Gasteiger partial charge in [-0.05, 0) is 42.5 Å². The van der Waals surface area contributed by atoms with Gasteiger partial charge in [-0.25, -0.2) is 9.97 Å². The Bertz CT molecular complexity index is 873. The maximum atomic E-state index is 11.4. The summed E-state index contributed by atoms with van der Waals surface area (Å²) in [6, 6.07) is 7.69. The summed E-state index contributed by atoms with van der Waals surface area (Å²) in [5, 5.41) is 6.47. The number of thiophene rings is 1. The monoisotopic (exact) mass is 327 g/mol. The van der Waals surface area contributed by atoms with E-state index in [1.165, 1.54) is 7.11 Å². The number of aryl methyl sites for hydroxylation is 2. The van der Waals surface area contributed by atoms with Gasteiger partial charge in [0.1, 0.15) is 16.5 Å². The fourth-order valence-corrected chi connectivity index (χ4v) is 3.38. The summed E-state index contributed by atoms with van der Waals surface area (Å²) in [6.45, 7) is 3.93. The van der Waals surface area contributed by atoms with Gasteiger partial charge in [0.25, 0.3) is 0 Å². The van der Waals surface area contributed by atoms with Crippen molar-refractivity contribution in [1.29, 1.82) is 0 Å². The average molecular weight is 327 g/mol. The van der Waals surface area contributed by atoms with Crippen LogP contribution < -0.4 is 5.32 Å². The van der Waals surface area contributed by atoms with Crippen molar-refractivity contribution >= 4 is 39.0 Å². The number of benzene rings is 1. The summed E-state index contributed by atoms with van der Waals surface area (Å²) in [5.41, 5.74) is 2.93. The first-order chi connectivity index (χ1) is 11.1. The van der Waals surface area contributed by atoms with Gasteiger partial charge in [-0.3, -0.25) is 4.79 Å². The molecule has 6 heteroatoms. The minimum atomic E-state index is -0.254. The molecule has 0 fully saturated rings. The van der Waals surface area contributed by atoms with E-state index in [1.807, 2.05) is 31.2 Å². The molecule has 118 valence electrons. The van der Waals surface area contributed by atoms with E-state index in [4.69, 9.17) is 4.74 Å². The standard InChI is InChI=1S/C17H17N3O2S/c1-10-9-23-17-15(10)16(18-11(2)19-17)20-13-6-4-5-12(7-13)8-14(21)22-3/h4-7,9H,8H2,1-3H3,(H,18,19,20). The predicted molar refractivity (Wildman–Crippen MR) is 92.3 cm³/mol. The second kappa shape index (κ2) is 6.34. The van der Waals surface area contributed by atoms with Crippen LogP contribution in [0.3, 0.4) is 0 Å². The van der Waals surface area contributed by atoms with Gasteiger partial charge in [-0.15, -0.1) is 11.3 Å². The van der Waals surface area contributed by atoms with Crippen LogP contribution >= 0.6 is 11.3 Å². The normalized spacial score (nSPS) is 10.7. The van der Waals surface area contributed by atoms with Crippen LogP contribution in [0.5, 0.6) is 0 Å². The highest BCUT2D eigenvalue weighted by Gasteiger charge is 2.11. The molecule has 0 unspecified atom stereocenters. The first kappa shape index (κ1) is 15.4. The molecule has 0 aliphatic heterocycles. The minimum Gasteiger partial charge on any atom is -0.469 e. The Morgan fingerprint density at radius 2 is 2.13 bits per heavy atom. The number of fused-ring (bicyclic) bond motifs is 1. The number of hydrogen-bond donors (Lipinski definition) is 1. The van der Waals surface area contributed by atoms with Gasteiger partial charge in [-0.1, -0.05) is 12.1 Å². The molecular weight excluding hydrogens is 310 g/mol. The highest BCUT2D eigenvalue weighted by Crippen LogP contribution is 2.31. The number of nitrogens with one attached hydrogen (secondary N) is 1. The average Bonchev–Trinajstić information content (AvgIpc) is 2.88. The highest BCUT2D eigenvalue weighted by molar-refractivity contribution is 7.17. The van der Waals surface area contributed by atoms with Crippen LogP contribution in [0.2, 0.25) is 0 Å². The van der Waals surface area contributed by atoms with E-state index < -0.39 is 0 Å². The van der Waals surface area contributed by atoms with Crippen molar-refractivity contribution in [3.63, 3.8) is 0 Å². The Balaban J connectivity index is 1.95. The van der Waals surface area contributed by atoms with Gasteiger partial charge >= 0.3 is 5.97 Å². The van der Waals surface area contributed by atoms with Crippen molar-refractivity contribution in [1.82, 2.24) is 9.97 Å². The van der Waals surface area contributed by atoms with Crippen molar-refractivity contribution in [2.45, 2.75) is 20.3 Å². The number of rotatable bonds is 4. The lowest BCUT2D eigenvalue weighted by Crippen LogP contribution is -2.05. The van der Waals surface area contributed by atoms with Gasteiger partial charge in [0.2, 0.25) is 0 Å². The molecule has 3 rings (SSSR count). The molecule has 0 spiro atoms. The van der Waals surface area contributed by atoms with Crippen LogP contribution in [0.25, 0.3) is 10.2 Å². The number of carbonyl (C=O) groups excluding carboxylic acids is 1. The molecular formula is C17H17N3O2S. The molecule has 0 saturated heterocycles. The van der Waals surface area contributed by atoms with Crippen LogP contribution in [-0.2, 0) is 16.0 Å². The molecule has 0 aliphatic carbocycles. The van der Waals surface area contributed by atoms with Crippen molar-refractivity contribution in [2.75, 3.05) is 12.4 Å². The van der Waals surface area contributed by atoms with Crippen LogP contribution in [0.1, 0.15) is 17.0 Å². The molecule has 2 heterocycles. The zero-order valence-electron chi connectivity index (χ0n) is 13.2. The van der Waals surface area contributed by atoms with Gasteiger partial charge in [0.05, 0.1) is 18.9 Å². The lowest BCUT2D eigenvalue weighted by Gasteiger charge is -2.10. The Morgan fingerprint density at radius 3 is 2.91 bits per heavy atom. The molecule has 1 aromatic carbocycles. The van der Waals surface area contributed by atoms with Crippen molar-refractivity contribution in [2.24, 2.45) is 0 Å². The SMILES string of the molecule is COC(=O)Cc1cccc(Nc2nc(C)nc3scc(C)c23)c1. The molecule has 0 aliphatic rings. The summed E-state index contributed by atoms with van der Waals surface area (Å²) in [5.74, 6) is 1.27. The second-order valence-electron chi connectivity index (χ2n) is 5.30. The van der Waals surface area contributed by atoms with Gasteiger partial charge < -0.3 is 10.1 Å².